The summed E-state index contributed by atoms with van der Waals surface area (Å²) in [7, 11) is 0. The van der Waals surface area contributed by atoms with Crippen molar-refractivity contribution >= 4 is 22.4 Å². The summed E-state index contributed by atoms with van der Waals surface area (Å²) in [5.74, 6) is 0.974. The molecule has 2 aromatic carbocycles. The van der Waals surface area contributed by atoms with E-state index in [1.807, 2.05) is 44.2 Å². The van der Waals surface area contributed by atoms with Gasteiger partial charge in [0.15, 0.2) is 0 Å². The summed E-state index contributed by atoms with van der Waals surface area (Å²) < 4.78 is 5.96. The lowest BCUT2D eigenvalue weighted by Crippen LogP contribution is -2.38. The molecular formula is C19H17N3O3S. The zero-order chi connectivity index (χ0) is 18.3. The van der Waals surface area contributed by atoms with E-state index in [2.05, 4.69) is 15.5 Å². The van der Waals surface area contributed by atoms with Gasteiger partial charge in [0.25, 0.3) is 0 Å². The molecule has 26 heavy (non-hydrogen) atoms. The zero-order valence-corrected chi connectivity index (χ0v) is 15.1. The molecule has 1 amide bonds. The molecule has 0 spiro atoms. The number of anilines is 1. The van der Waals surface area contributed by atoms with Crippen molar-refractivity contribution in [1.82, 2.24) is 10.2 Å². The number of nitrogens with zero attached hydrogens (tertiary/aromatic N) is 2. The molecule has 4 rings (SSSR count). The molecule has 6 nitrogen and oxygen atoms in total. The molecule has 0 radical (unpaired) electrons. The number of carbonyl (C=O) groups excluding carboxylic acids is 1. The van der Waals surface area contributed by atoms with Crippen LogP contribution in [0.4, 0.5) is 5.13 Å². The molecule has 1 atom stereocenters. The Hall–Kier alpha value is -2.93. The fourth-order valence-electron chi connectivity index (χ4n) is 3.34. The largest absolute Gasteiger partial charge is 0.508 e. The van der Waals surface area contributed by atoms with Crippen molar-refractivity contribution in [2.75, 3.05) is 5.32 Å². The average molecular weight is 367 g/mol. The SMILES string of the molecule is CC(C)(C(=O)Nc1nncs1)[C@H]1c2ccccc2Oc2cc(O)ccc21. The van der Waals surface area contributed by atoms with Crippen LogP contribution in [0.15, 0.2) is 48.0 Å². The fraction of sp³-hybridized carbons (Fsp3) is 0.211. The third-order valence-electron chi connectivity index (χ3n) is 4.65. The lowest BCUT2D eigenvalue weighted by molar-refractivity contribution is -0.124. The number of ether oxygens (including phenoxy) is 1. The molecule has 2 N–H and O–H groups in total. The van der Waals surface area contributed by atoms with Gasteiger partial charge in [-0.05, 0) is 12.1 Å². The second-order valence-electron chi connectivity index (χ2n) is 6.71. The number of carbonyl (C=O) groups is 1. The van der Waals surface area contributed by atoms with Crippen molar-refractivity contribution in [1.29, 1.82) is 0 Å². The highest BCUT2D eigenvalue weighted by Gasteiger charge is 2.43. The van der Waals surface area contributed by atoms with E-state index in [1.165, 1.54) is 11.3 Å². The van der Waals surface area contributed by atoms with Crippen molar-refractivity contribution in [3.8, 4) is 17.2 Å². The van der Waals surface area contributed by atoms with Gasteiger partial charge in [-0.2, -0.15) is 0 Å². The Bertz CT molecular complexity index is 970. The minimum atomic E-state index is -0.794. The first-order chi connectivity index (χ1) is 12.5. The minimum Gasteiger partial charge on any atom is -0.508 e. The van der Waals surface area contributed by atoms with Gasteiger partial charge in [0.1, 0.15) is 22.8 Å². The van der Waals surface area contributed by atoms with Gasteiger partial charge in [0.2, 0.25) is 11.0 Å². The summed E-state index contributed by atoms with van der Waals surface area (Å²) >= 11 is 1.28. The lowest BCUT2D eigenvalue weighted by atomic mass is 9.69. The average Bonchev–Trinajstić information content (AvgIpc) is 3.12. The molecule has 7 heteroatoms. The number of rotatable bonds is 3. The van der Waals surface area contributed by atoms with Gasteiger partial charge < -0.3 is 15.2 Å². The summed E-state index contributed by atoms with van der Waals surface area (Å²) in [6.45, 7) is 3.79. The van der Waals surface area contributed by atoms with Crippen LogP contribution < -0.4 is 10.1 Å². The van der Waals surface area contributed by atoms with Crippen molar-refractivity contribution in [3.63, 3.8) is 0 Å². The maximum Gasteiger partial charge on any atom is 0.232 e. The Balaban J connectivity index is 1.80. The van der Waals surface area contributed by atoms with E-state index in [1.54, 1.807) is 17.6 Å². The maximum atomic E-state index is 13.1. The molecular weight excluding hydrogens is 350 g/mol. The van der Waals surface area contributed by atoms with Gasteiger partial charge >= 0.3 is 0 Å². The molecule has 3 aromatic rings. The molecule has 0 bridgehead atoms. The number of hydrogen-bond donors (Lipinski definition) is 2. The fourth-order valence-corrected chi connectivity index (χ4v) is 3.78. The zero-order valence-electron chi connectivity index (χ0n) is 14.3. The Morgan fingerprint density at radius 3 is 2.73 bits per heavy atom. The van der Waals surface area contributed by atoms with Crippen molar-refractivity contribution in [3.05, 3.63) is 59.1 Å². The van der Waals surface area contributed by atoms with Gasteiger partial charge in [-0.1, -0.05) is 49.4 Å². The standard InChI is InChI=1S/C19H17N3O3S/c1-19(2,17(24)21-18-22-20-10-26-18)16-12-5-3-4-6-14(12)25-15-9-11(23)7-8-13(15)16/h3-10,16,23H,1-2H3,(H,21,22,24)/t16-/m0/s1. The first kappa shape index (κ1) is 16.5. The van der Waals surface area contributed by atoms with Gasteiger partial charge in [-0.3, -0.25) is 4.79 Å². The monoisotopic (exact) mass is 367 g/mol. The molecule has 0 saturated heterocycles. The van der Waals surface area contributed by atoms with E-state index in [0.717, 1.165) is 11.1 Å². The molecule has 0 fully saturated rings. The number of amides is 1. The number of para-hydroxylation sites is 1. The van der Waals surface area contributed by atoms with Gasteiger partial charge in [-0.15, -0.1) is 10.2 Å². The molecule has 1 aliphatic heterocycles. The Kier molecular flexibility index (Phi) is 3.88. The second-order valence-corrected chi connectivity index (χ2v) is 7.55. The Labute approximate surface area is 154 Å². The van der Waals surface area contributed by atoms with Gasteiger partial charge in [0, 0.05) is 23.1 Å². The van der Waals surface area contributed by atoms with E-state index < -0.39 is 5.41 Å². The number of aromatic nitrogens is 2. The number of aromatic hydroxyl groups is 1. The van der Waals surface area contributed by atoms with Crippen LogP contribution in [0.5, 0.6) is 17.2 Å². The van der Waals surface area contributed by atoms with Crippen molar-refractivity contribution in [2.24, 2.45) is 5.41 Å². The van der Waals surface area contributed by atoms with Crippen molar-refractivity contribution in [2.45, 2.75) is 19.8 Å². The van der Waals surface area contributed by atoms with E-state index in [0.29, 0.717) is 16.6 Å². The highest BCUT2D eigenvalue weighted by molar-refractivity contribution is 7.13. The van der Waals surface area contributed by atoms with Crippen LogP contribution in [-0.2, 0) is 4.79 Å². The molecule has 132 valence electrons. The van der Waals surface area contributed by atoms with E-state index in [4.69, 9.17) is 4.74 Å². The minimum absolute atomic E-state index is 0.123. The topological polar surface area (TPSA) is 84.3 Å². The third kappa shape index (κ3) is 2.70. The molecule has 0 aliphatic carbocycles. The number of benzene rings is 2. The van der Waals surface area contributed by atoms with Crippen LogP contribution >= 0.6 is 11.3 Å². The first-order valence-electron chi connectivity index (χ1n) is 8.14. The normalized spacial score (nSPS) is 15.5. The van der Waals surface area contributed by atoms with Crippen LogP contribution in [0.1, 0.15) is 30.9 Å². The molecule has 1 aromatic heterocycles. The van der Waals surface area contributed by atoms with Crippen LogP contribution in [0.2, 0.25) is 0 Å². The van der Waals surface area contributed by atoms with Gasteiger partial charge in [0.05, 0.1) is 5.41 Å². The Morgan fingerprint density at radius 1 is 1.19 bits per heavy atom. The van der Waals surface area contributed by atoms with E-state index >= 15 is 0 Å². The van der Waals surface area contributed by atoms with Gasteiger partial charge in [-0.25, -0.2) is 0 Å². The Morgan fingerprint density at radius 2 is 1.96 bits per heavy atom. The summed E-state index contributed by atoms with van der Waals surface area (Å²) in [4.78, 5) is 13.1. The second kappa shape index (κ2) is 6.10. The highest BCUT2D eigenvalue weighted by atomic mass is 32.1. The smallest absolute Gasteiger partial charge is 0.232 e. The summed E-state index contributed by atoms with van der Waals surface area (Å²) in [5.41, 5.74) is 2.57. The summed E-state index contributed by atoms with van der Waals surface area (Å²) in [5, 5.41) is 20.8. The van der Waals surface area contributed by atoms with Crippen LogP contribution in [0.25, 0.3) is 0 Å². The first-order valence-corrected chi connectivity index (χ1v) is 9.02. The van der Waals surface area contributed by atoms with E-state index in [9.17, 15) is 9.90 Å². The molecule has 2 heterocycles. The predicted octanol–water partition coefficient (Wildman–Crippen LogP) is 4.15. The molecule has 1 aliphatic rings. The maximum absolute atomic E-state index is 13.1. The quantitative estimate of drug-likeness (QED) is 0.727. The number of phenols is 1. The number of nitrogens with one attached hydrogen (secondary N) is 1. The number of fused-ring (bicyclic) bond motifs is 2. The van der Waals surface area contributed by atoms with E-state index in [-0.39, 0.29) is 17.6 Å². The summed E-state index contributed by atoms with van der Waals surface area (Å²) in [6.07, 6.45) is 0. The predicted molar refractivity (Wildman–Crippen MR) is 98.8 cm³/mol. The third-order valence-corrected chi connectivity index (χ3v) is 5.25. The lowest BCUT2D eigenvalue weighted by Gasteiger charge is -2.38. The number of phenolic OH excluding ortho intramolecular Hbond substituents is 1. The summed E-state index contributed by atoms with van der Waals surface area (Å²) in [6, 6.07) is 12.7. The van der Waals surface area contributed by atoms with Crippen LogP contribution in [0, 0.1) is 5.41 Å². The number of hydrogen-bond acceptors (Lipinski definition) is 6. The molecule has 0 saturated carbocycles. The van der Waals surface area contributed by atoms with Crippen molar-refractivity contribution < 1.29 is 14.6 Å². The van der Waals surface area contributed by atoms with Crippen LogP contribution in [0.3, 0.4) is 0 Å². The molecule has 0 unspecified atom stereocenters. The van der Waals surface area contributed by atoms with Crippen LogP contribution in [-0.4, -0.2) is 21.2 Å². The highest BCUT2D eigenvalue weighted by Crippen LogP contribution is 2.52.